The van der Waals surface area contributed by atoms with Crippen LogP contribution >= 0.6 is 11.6 Å². The third-order valence-corrected chi connectivity index (χ3v) is 4.44. The molecule has 0 radical (unpaired) electrons. The van der Waals surface area contributed by atoms with Crippen molar-refractivity contribution in [3.63, 3.8) is 0 Å². The highest BCUT2D eigenvalue weighted by Gasteiger charge is 2.09. The van der Waals surface area contributed by atoms with Gasteiger partial charge in [0.05, 0.1) is 12.1 Å². The fourth-order valence-electron chi connectivity index (χ4n) is 2.77. The number of nitrogens with one attached hydrogen (secondary N) is 2. The number of benzene rings is 2. The van der Waals surface area contributed by atoms with Crippen LogP contribution in [0, 0.1) is 0 Å². The molecule has 7 heteroatoms. The van der Waals surface area contributed by atoms with Crippen LogP contribution in [0.3, 0.4) is 0 Å². The first kappa shape index (κ1) is 19.1. The van der Waals surface area contributed by atoms with Crippen LogP contribution in [-0.2, 0) is 4.79 Å². The topological polar surface area (TPSA) is 70.2 Å². The van der Waals surface area contributed by atoms with Crippen LogP contribution in [0.5, 0.6) is 0 Å². The van der Waals surface area contributed by atoms with E-state index in [4.69, 9.17) is 11.6 Å². The van der Waals surface area contributed by atoms with Gasteiger partial charge in [-0.05, 0) is 61.1 Å². The van der Waals surface area contributed by atoms with E-state index in [0.29, 0.717) is 12.4 Å². The zero-order valence-corrected chi connectivity index (χ0v) is 16.1. The summed E-state index contributed by atoms with van der Waals surface area (Å²) in [5.74, 6) is 0.622. The second-order valence-corrected chi connectivity index (χ2v) is 6.41. The Morgan fingerprint density at radius 3 is 2.37 bits per heavy atom. The molecule has 0 aliphatic rings. The van der Waals surface area contributed by atoms with E-state index in [-0.39, 0.29) is 11.2 Å². The minimum atomic E-state index is -0.0204. The number of carbonyl (C=O) groups is 1. The summed E-state index contributed by atoms with van der Waals surface area (Å²) in [6.45, 7) is 6.17. The van der Waals surface area contributed by atoms with Gasteiger partial charge >= 0.3 is 0 Å². The third kappa shape index (κ3) is 4.93. The van der Waals surface area contributed by atoms with E-state index >= 15 is 0 Å². The Morgan fingerprint density at radius 2 is 1.67 bits per heavy atom. The minimum Gasteiger partial charge on any atom is -0.340 e. The van der Waals surface area contributed by atoms with Gasteiger partial charge in [-0.25, -0.2) is 4.98 Å². The molecule has 0 bridgehead atoms. The molecule has 0 atom stereocenters. The summed E-state index contributed by atoms with van der Waals surface area (Å²) in [6, 6.07) is 15.2. The van der Waals surface area contributed by atoms with Crippen LogP contribution < -0.4 is 10.6 Å². The van der Waals surface area contributed by atoms with E-state index in [1.807, 2.05) is 62.4 Å². The van der Waals surface area contributed by atoms with Crippen LogP contribution in [0.25, 0.3) is 10.9 Å². The Kier molecular flexibility index (Phi) is 6.21. The Hall–Kier alpha value is -2.70. The van der Waals surface area contributed by atoms with Gasteiger partial charge in [-0.15, -0.1) is 0 Å². The SMILES string of the molecule is CCN(CC)CC(=O)Nc1ccc(Nc2nc(Cl)nc3ccccc23)cc1. The lowest BCUT2D eigenvalue weighted by atomic mass is 10.2. The van der Waals surface area contributed by atoms with Gasteiger partial charge in [0.2, 0.25) is 11.2 Å². The van der Waals surface area contributed by atoms with Crippen molar-refractivity contribution in [1.82, 2.24) is 14.9 Å². The standard InChI is InChI=1S/C20H22ClN5O/c1-3-26(4-2)13-18(27)22-14-9-11-15(12-10-14)23-19-16-7-5-6-8-17(16)24-20(21)25-19/h5-12H,3-4,13H2,1-2H3,(H,22,27)(H,23,24,25). The fourth-order valence-corrected chi connectivity index (χ4v) is 2.94. The maximum Gasteiger partial charge on any atom is 0.238 e. The maximum atomic E-state index is 12.1. The minimum absolute atomic E-state index is 0.0204. The summed E-state index contributed by atoms with van der Waals surface area (Å²) in [5, 5.41) is 7.26. The molecule has 6 nitrogen and oxygen atoms in total. The predicted octanol–water partition coefficient (Wildman–Crippen LogP) is 4.31. The molecular formula is C20H22ClN5O. The molecule has 1 heterocycles. The molecule has 27 heavy (non-hydrogen) atoms. The molecule has 0 aliphatic carbocycles. The Morgan fingerprint density at radius 1 is 1.00 bits per heavy atom. The number of carbonyl (C=O) groups excluding carboxylic acids is 1. The Balaban J connectivity index is 1.71. The number of anilines is 3. The normalized spacial score (nSPS) is 11.0. The van der Waals surface area contributed by atoms with Gasteiger partial charge in [0.25, 0.3) is 0 Å². The third-order valence-electron chi connectivity index (χ3n) is 4.27. The van der Waals surface area contributed by atoms with Gasteiger partial charge in [0.15, 0.2) is 0 Å². The van der Waals surface area contributed by atoms with Gasteiger partial charge in [-0.3, -0.25) is 9.69 Å². The average Bonchev–Trinajstić information content (AvgIpc) is 2.67. The van der Waals surface area contributed by atoms with Crippen molar-refractivity contribution < 1.29 is 4.79 Å². The smallest absolute Gasteiger partial charge is 0.238 e. The van der Waals surface area contributed by atoms with Crippen molar-refractivity contribution in [3.8, 4) is 0 Å². The second-order valence-electron chi connectivity index (χ2n) is 6.07. The lowest BCUT2D eigenvalue weighted by molar-refractivity contribution is -0.117. The number of hydrogen-bond acceptors (Lipinski definition) is 5. The van der Waals surface area contributed by atoms with Crippen LogP contribution in [0.15, 0.2) is 48.5 Å². The molecule has 1 amide bonds. The lowest BCUT2D eigenvalue weighted by Gasteiger charge is -2.17. The summed E-state index contributed by atoms with van der Waals surface area (Å²) in [7, 11) is 0. The van der Waals surface area contributed by atoms with E-state index in [9.17, 15) is 4.79 Å². The highest BCUT2D eigenvalue weighted by Crippen LogP contribution is 2.25. The van der Waals surface area contributed by atoms with Gasteiger partial charge < -0.3 is 10.6 Å². The lowest BCUT2D eigenvalue weighted by Crippen LogP contribution is -2.32. The summed E-state index contributed by atoms with van der Waals surface area (Å²) in [6.07, 6.45) is 0. The largest absolute Gasteiger partial charge is 0.340 e. The van der Waals surface area contributed by atoms with Crippen LogP contribution in [0.2, 0.25) is 5.28 Å². The quantitative estimate of drug-likeness (QED) is 0.595. The fraction of sp³-hybridized carbons (Fsp3) is 0.250. The van der Waals surface area contributed by atoms with Gasteiger partial charge in [0, 0.05) is 16.8 Å². The maximum absolute atomic E-state index is 12.1. The molecule has 0 spiro atoms. The van der Waals surface area contributed by atoms with E-state index in [0.717, 1.165) is 35.4 Å². The number of halogens is 1. The van der Waals surface area contributed by atoms with Crippen molar-refractivity contribution >= 4 is 45.6 Å². The number of fused-ring (bicyclic) bond motifs is 1. The van der Waals surface area contributed by atoms with Crippen LogP contribution in [0.4, 0.5) is 17.2 Å². The van der Waals surface area contributed by atoms with E-state index < -0.39 is 0 Å². The first-order valence-corrected chi connectivity index (χ1v) is 9.28. The molecule has 0 aliphatic heterocycles. The Bertz CT molecular complexity index is 925. The number of hydrogen-bond donors (Lipinski definition) is 2. The number of rotatable bonds is 7. The average molecular weight is 384 g/mol. The summed E-state index contributed by atoms with van der Waals surface area (Å²) in [4.78, 5) is 22.7. The number of nitrogens with zero attached hydrogens (tertiary/aromatic N) is 3. The molecule has 1 aromatic heterocycles. The zero-order chi connectivity index (χ0) is 19.2. The van der Waals surface area contributed by atoms with Gasteiger partial charge in [-0.2, -0.15) is 4.98 Å². The van der Waals surface area contributed by atoms with Crippen molar-refractivity contribution in [1.29, 1.82) is 0 Å². The van der Waals surface area contributed by atoms with Gasteiger partial charge in [0.1, 0.15) is 5.82 Å². The van der Waals surface area contributed by atoms with Crippen molar-refractivity contribution in [2.24, 2.45) is 0 Å². The number of aromatic nitrogens is 2. The van der Waals surface area contributed by atoms with Crippen LogP contribution in [-0.4, -0.2) is 40.4 Å². The van der Waals surface area contributed by atoms with Crippen molar-refractivity contribution in [2.75, 3.05) is 30.3 Å². The van der Waals surface area contributed by atoms with E-state index in [1.165, 1.54) is 0 Å². The van der Waals surface area contributed by atoms with E-state index in [2.05, 4.69) is 25.5 Å². The van der Waals surface area contributed by atoms with E-state index in [1.54, 1.807) is 0 Å². The summed E-state index contributed by atoms with van der Waals surface area (Å²) < 4.78 is 0. The molecule has 2 N–H and O–H groups in total. The highest BCUT2D eigenvalue weighted by atomic mass is 35.5. The van der Waals surface area contributed by atoms with Crippen molar-refractivity contribution in [2.45, 2.75) is 13.8 Å². The molecule has 2 aromatic carbocycles. The molecule has 140 valence electrons. The zero-order valence-electron chi connectivity index (χ0n) is 15.4. The predicted molar refractivity (Wildman–Crippen MR) is 111 cm³/mol. The Labute approximate surface area is 163 Å². The highest BCUT2D eigenvalue weighted by molar-refractivity contribution is 6.28. The number of likely N-dealkylation sites (N-methyl/N-ethyl adjacent to an activating group) is 1. The molecule has 0 saturated carbocycles. The van der Waals surface area contributed by atoms with Gasteiger partial charge in [-0.1, -0.05) is 26.0 Å². The van der Waals surface area contributed by atoms with Crippen LogP contribution in [0.1, 0.15) is 13.8 Å². The summed E-state index contributed by atoms with van der Waals surface area (Å²) in [5.41, 5.74) is 2.38. The molecule has 0 fully saturated rings. The molecule has 3 rings (SSSR count). The molecular weight excluding hydrogens is 362 g/mol. The molecule has 0 saturated heterocycles. The molecule has 0 unspecified atom stereocenters. The monoisotopic (exact) mass is 383 g/mol. The first-order chi connectivity index (χ1) is 13.1. The first-order valence-electron chi connectivity index (χ1n) is 8.90. The number of amides is 1. The van der Waals surface area contributed by atoms with Crippen molar-refractivity contribution in [3.05, 3.63) is 53.8 Å². The number of para-hydroxylation sites is 1. The summed E-state index contributed by atoms with van der Waals surface area (Å²) >= 11 is 6.02. The second kappa shape index (κ2) is 8.79. The molecule has 3 aromatic rings.